The third-order valence-corrected chi connectivity index (χ3v) is 9.68. The highest BCUT2D eigenvalue weighted by atomic mass is 35.5. The van der Waals surface area contributed by atoms with E-state index in [4.69, 9.17) is 17.3 Å². The number of alkyl halides is 1. The van der Waals surface area contributed by atoms with Crippen LogP contribution in [-0.2, 0) is 41.6 Å². The molecule has 1 aliphatic heterocycles. The number of hydrogen-bond donors (Lipinski definition) is 5. The van der Waals surface area contributed by atoms with Crippen molar-refractivity contribution in [3.05, 3.63) is 84.1 Å². The molecule has 1 fully saturated rings. The number of halogens is 1. The van der Waals surface area contributed by atoms with Crippen molar-refractivity contribution < 1.29 is 33.9 Å². The first kappa shape index (κ1) is 37.0. The number of carboxylic acids is 1. The number of aromatic nitrogens is 1. The molecule has 1 aliphatic rings. The van der Waals surface area contributed by atoms with E-state index >= 15 is 0 Å². The lowest BCUT2D eigenvalue weighted by molar-refractivity contribution is -0.146. The summed E-state index contributed by atoms with van der Waals surface area (Å²) in [6.45, 7) is 0.203. The van der Waals surface area contributed by atoms with Crippen molar-refractivity contribution >= 4 is 68.7 Å². The van der Waals surface area contributed by atoms with Crippen molar-refractivity contribution in [2.24, 2.45) is 11.7 Å². The average molecular weight is 716 g/mol. The Bertz CT molecular complexity index is 1930. The van der Waals surface area contributed by atoms with Gasteiger partial charge in [0.25, 0.3) is 0 Å². The lowest BCUT2D eigenvalue weighted by atomic mass is 9.89. The zero-order chi connectivity index (χ0) is 36.5. The Labute approximate surface area is 300 Å². The normalized spacial score (nSPS) is 16.3. The Balaban J connectivity index is 1.39. The number of ketones is 1. The lowest BCUT2D eigenvalue weighted by Crippen LogP contribution is -2.59. The number of piperidine rings is 1. The van der Waals surface area contributed by atoms with Gasteiger partial charge in [-0.3, -0.25) is 28.8 Å². The first-order valence-corrected chi connectivity index (χ1v) is 17.6. The summed E-state index contributed by atoms with van der Waals surface area (Å²) >= 11 is 5.65. The first-order valence-electron chi connectivity index (χ1n) is 17.1. The minimum atomic E-state index is -1.20. The van der Waals surface area contributed by atoms with Gasteiger partial charge in [-0.1, -0.05) is 60.7 Å². The molecule has 1 aromatic heterocycles. The molecule has 1 saturated heterocycles. The fraction of sp³-hybridized carbons (Fsp3) is 0.368. The zero-order valence-corrected chi connectivity index (χ0v) is 28.9. The van der Waals surface area contributed by atoms with Gasteiger partial charge in [-0.05, 0) is 66.5 Å². The summed E-state index contributed by atoms with van der Waals surface area (Å²) in [7, 11) is 0. The lowest BCUT2D eigenvalue weighted by Gasteiger charge is -2.37. The van der Waals surface area contributed by atoms with Gasteiger partial charge in [-0.2, -0.15) is 0 Å². The van der Waals surface area contributed by atoms with Crippen LogP contribution >= 0.6 is 11.6 Å². The fourth-order valence-corrected chi connectivity index (χ4v) is 6.84. The molecule has 0 radical (unpaired) electrons. The van der Waals surface area contributed by atoms with Crippen molar-refractivity contribution in [2.45, 2.75) is 69.5 Å². The van der Waals surface area contributed by atoms with Crippen molar-refractivity contribution in [1.29, 1.82) is 0 Å². The Morgan fingerprint density at radius 1 is 0.922 bits per heavy atom. The van der Waals surface area contributed by atoms with Gasteiger partial charge in [0.05, 0.1) is 6.04 Å². The number of para-hydroxylation sites is 1. The van der Waals surface area contributed by atoms with Gasteiger partial charge in [0.2, 0.25) is 23.6 Å². The number of benzene rings is 3. The molecular weight excluding hydrogens is 674 g/mol. The Morgan fingerprint density at radius 3 is 2.41 bits per heavy atom. The number of H-pyrrole nitrogens is 1. The van der Waals surface area contributed by atoms with Crippen LogP contribution in [0, 0.1) is 5.92 Å². The highest BCUT2D eigenvalue weighted by Crippen LogP contribution is 2.25. The second-order valence-electron chi connectivity index (χ2n) is 13.0. The third-order valence-electron chi connectivity index (χ3n) is 9.44. The van der Waals surface area contributed by atoms with E-state index in [1.807, 2.05) is 66.7 Å². The summed E-state index contributed by atoms with van der Waals surface area (Å²) in [6, 6.07) is 17.9. The minimum Gasteiger partial charge on any atom is -0.481 e. The summed E-state index contributed by atoms with van der Waals surface area (Å²) in [5.41, 5.74) is 8.36. The molecule has 0 saturated carbocycles. The van der Waals surface area contributed by atoms with E-state index in [0.717, 1.165) is 32.8 Å². The molecule has 3 aromatic carbocycles. The van der Waals surface area contributed by atoms with Gasteiger partial charge in [0.15, 0.2) is 5.78 Å². The van der Waals surface area contributed by atoms with Gasteiger partial charge in [-0.15, -0.1) is 11.6 Å². The standard InChI is InChI=1S/C38H42ClN5O7/c39-21-34(46)42-30(14-15-35(47)48)38(51)44-16-6-5-11-32(44)37(50)43-31(18-23-12-13-24-7-1-2-8-25(24)17-23)33(45)20-26(36(40)49)19-27-22-41-29-10-4-3-9-28(27)29/h1-4,7-10,12-13,17,22,26,30-32,41H,5-6,11,14-16,18-21H2,(H2,40,49)(H,42,46)(H,43,50)(H,47,48)/t26-,30+,31+,32+/m1/s1. The molecule has 5 rings (SSSR count). The number of amides is 4. The van der Waals surface area contributed by atoms with E-state index in [0.29, 0.717) is 19.3 Å². The summed E-state index contributed by atoms with van der Waals surface area (Å²) < 4.78 is 0. The van der Waals surface area contributed by atoms with Gasteiger partial charge in [0, 0.05) is 42.4 Å². The van der Waals surface area contributed by atoms with Crippen molar-refractivity contribution in [1.82, 2.24) is 20.5 Å². The van der Waals surface area contributed by atoms with Crippen LogP contribution in [0.3, 0.4) is 0 Å². The molecule has 0 bridgehead atoms. The second kappa shape index (κ2) is 17.1. The molecule has 0 aliphatic carbocycles. The number of carbonyl (C=O) groups is 6. The maximum Gasteiger partial charge on any atom is 0.303 e. The molecule has 13 heteroatoms. The van der Waals surface area contributed by atoms with Crippen LogP contribution in [0.2, 0.25) is 0 Å². The number of hydrogen-bond acceptors (Lipinski definition) is 6. The number of primary amides is 1. The number of aliphatic carboxylic acids is 1. The predicted molar refractivity (Wildman–Crippen MR) is 193 cm³/mol. The molecule has 0 spiro atoms. The number of carbonyl (C=O) groups excluding carboxylic acids is 5. The Hall–Kier alpha value is -5.23. The zero-order valence-electron chi connectivity index (χ0n) is 28.1. The molecule has 2 heterocycles. The van der Waals surface area contributed by atoms with E-state index in [1.54, 1.807) is 6.20 Å². The van der Waals surface area contributed by atoms with Gasteiger partial charge < -0.3 is 31.4 Å². The molecule has 4 amide bonds. The maximum absolute atomic E-state index is 14.1. The number of rotatable bonds is 16. The quantitative estimate of drug-likeness (QED) is 0.109. The summed E-state index contributed by atoms with van der Waals surface area (Å²) in [5, 5.41) is 17.5. The summed E-state index contributed by atoms with van der Waals surface area (Å²) in [4.78, 5) is 82.7. The largest absolute Gasteiger partial charge is 0.481 e. The first-order chi connectivity index (χ1) is 24.5. The molecular formula is C38H42ClN5O7. The smallest absolute Gasteiger partial charge is 0.303 e. The van der Waals surface area contributed by atoms with Crippen LogP contribution in [0.5, 0.6) is 0 Å². The number of likely N-dealkylation sites (tertiary alicyclic amines) is 1. The molecule has 51 heavy (non-hydrogen) atoms. The van der Waals surface area contributed by atoms with Crippen LogP contribution in [-0.4, -0.2) is 80.9 Å². The van der Waals surface area contributed by atoms with Gasteiger partial charge in [-0.25, -0.2) is 0 Å². The van der Waals surface area contributed by atoms with Crippen LogP contribution in [0.1, 0.15) is 49.7 Å². The molecule has 268 valence electrons. The number of nitrogens with zero attached hydrogens (tertiary/aromatic N) is 1. The van der Waals surface area contributed by atoms with Gasteiger partial charge >= 0.3 is 5.97 Å². The van der Waals surface area contributed by atoms with Crippen LogP contribution in [0.15, 0.2) is 72.9 Å². The van der Waals surface area contributed by atoms with Crippen molar-refractivity contribution in [3.63, 3.8) is 0 Å². The monoisotopic (exact) mass is 715 g/mol. The highest BCUT2D eigenvalue weighted by Gasteiger charge is 2.38. The third kappa shape index (κ3) is 9.52. The number of fused-ring (bicyclic) bond motifs is 2. The second-order valence-corrected chi connectivity index (χ2v) is 13.3. The van der Waals surface area contributed by atoms with E-state index in [1.165, 1.54) is 4.90 Å². The maximum atomic E-state index is 14.1. The fourth-order valence-electron chi connectivity index (χ4n) is 6.77. The highest BCUT2D eigenvalue weighted by molar-refractivity contribution is 6.27. The Morgan fingerprint density at radius 2 is 1.67 bits per heavy atom. The summed E-state index contributed by atoms with van der Waals surface area (Å²) in [6.07, 6.45) is 2.89. The molecule has 4 aromatic rings. The predicted octanol–water partition coefficient (Wildman–Crippen LogP) is 3.62. The van der Waals surface area contributed by atoms with Crippen molar-refractivity contribution in [2.75, 3.05) is 12.4 Å². The Kier molecular flexibility index (Phi) is 12.4. The topological polar surface area (TPSA) is 192 Å². The number of nitrogens with two attached hydrogens (primary N) is 1. The average Bonchev–Trinajstić information content (AvgIpc) is 3.54. The van der Waals surface area contributed by atoms with E-state index in [9.17, 15) is 33.9 Å². The molecule has 6 N–H and O–H groups in total. The van der Waals surface area contributed by atoms with Crippen LogP contribution in [0.25, 0.3) is 21.7 Å². The van der Waals surface area contributed by atoms with Crippen LogP contribution in [0.4, 0.5) is 0 Å². The van der Waals surface area contributed by atoms with Gasteiger partial charge in [0.1, 0.15) is 18.0 Å². The van der Waals surface area contributed by atoms with E-state index in [-0.39, 0.29) is 44.4 Å². The molecule has 12 nitrogen and oxygen atoms in total. The van der Waals surface area contributed by atoms with Crippen LogP contribution < -0.4 is 16.4 Å². The SMILES string of the molecule is NC(=O)[C@@H](CC(=O)[C@H](Cc1ccc2ccccc2c1)NC(=O)[C@@H]1CCCCN1C(=O)[C@H](CCC(=O)O)NC(=O)CCl)Cc1c[nH]c2ccccc12. The number of carboxylic acid groups (broad SMARTS) is 1. The number of nitrogens with one attached hydrogen (secondary N) is 3. The molecule has 4 atom stereocenters. The molecule has 0 unspecified atom stereocenters. The summed E-state index contributed by atoms with van der Waals surface area (Å²) in [5.74, 6) is -5.24. The van der Waals surface area contributed by atoms with E-state index < -0.39 is 59.5 Å². The number of aromatic amines is 1. The van der Waals surface area contributed by atoms with Crippen molar-refractivity contribution in [3.8, 4) is 0 Å². The van der Waals surface area contributed by atoms with E-state index in [2.05, 4.69) is 15.6 Å². The number of Topliss-reactive ketones (excluding diaryl/α,β-unsaturated/α-hetero) is 1. The minimum absolute atomic E-state index is 0.127.